The largest absolute Gasteiger partial charge is 0.493 e. The van der Waals surface area contributed by atoms with E-state index in [1.165, 1.54) is 5.56 Å². The Morgan fingerprint density at radius 1 is 1.16 bits per heavy atom. The molecule has 1 atom stereocenters. The van der Waals surface area contributed by atoms with Crippen LogP contribution in [0.15, 0.2) is 48.5 Å². The van der Waals surface area contributed by atoms with Gasteiger partial charge in [-0.2, -0.15) is 5.26 Å². The van der Waals surface area contributed by atoms with Crippen LogP contribution >= 0.6 is 0 Å². The summed E-state index contributed by atoms with van der Waals surface area (Å²) in [6, 6.07) is 17.7. The Kier molecular flexibility index (Phi) is 3.07. The van der Waals surface area contributed by atoms with Gasteiger partial charge in [0.1, 0.15) is 11.8 Å². The SMILES string of the molecule is N#CC(Nc1ccccc1)c1ccc2c(c1)CCO2. The number of benzene rings is 2. The Balaban J connectivity index is 1.85. The van der Waals surface area contributed by atoms with Gasteiger partial charge in [-0.15, -0.1) is 0 Å². The lowest BCUT2D eigenvalue weighted by atomic mass is 10.0. The van der Waals surface area contributed by atoms with Crippen LogP contribution in [0, 0.1) is 11.3 Å². The third kappa shape index (κ3) is 2.38. The highest BCUT2D eigenvalue weighted by molar-refractivity contribution is 5.49. The lowest BCUT2D eigenvalue weighted by Gasteiger charge is -2.14. The zero-order valence-electron chi connectivity index (χ0n) is 10.5. The van der Waals surface area contributed by atoms with E-state index in [1.54, 1.807) is 0 Å². The van der Waals surface area contributed by atoms with Crippen molar-refractivity contribution in [1.82, 2.24) is 0 Å². The molecule has 3 rings (SSSR count). The molecule has 1 aliphatic rings. The second kappa shape index (κ2) is 5.03. The molecule has 0 saturated carbocycles. The molecular formula is C16H14N2O. The van der Waals surface area contributed by atoms with E-state index in [0.29, 0.717) is 0 Å². The molecule has 0 fully saturated rings. The summed E-state index contributed by atoms with van der Waals surface area (Å²) < 4.78 is 5.48. The van der Waals surface area contributed by atoms with Crippen molar-refractivity contribution in [2.45, 2.75) is 12.5 Å². The summed E-state index contributed by atoms with van der Waals surface area (Å²) in [5.41, 5.74) is 3.12. The molecule has 3 nitrogen and oxygen atoms in total. The van der Waals surface area contributed by atoms with Crippen molar-refractivity contribution in [3.63, 3.8) is 0 Å². The van der Waals surface area contributed by atoms with Gasteiger partial charge in [-0.05, 0) is 35.4 Å². The van der Waals surface area contributed by atoms with Gasteiger partial charge in [-0.1, -0.05) is 24.3 Å². The number of anilines is 1. The summed E-state index contributed by atoms with van der Waals surface area (Å²) in [5.74, 6) is 0.945. The molecule has 3 heteroatoms. The van der Waals surface area contributed by atoms with Gasteiger partial charge in [-0.25, -0.2) is 0 Å². The Labute approximate surface area is 112 Å². The fourth-order valence-corrected chi connectivity index (χ4v) is 2.28. The fourth-order valence-electron chi connectivity index (χ4n) is 2.28. The predicted molar refractivity (Wildman–Crippen MR) is 74.1 cm³/mol. The first-order valence-electron chi connectivity index (χ1n) is 6.33. The molecule has 0 spiro atoms. The highest BCUT2D eigenvalue weighted by atomic mass is 16.5. The molecule has 1 N–H and O–H groups in total. The second-order valence-electron chi connectivity index (χ2n) is 4.54. The summed E-state index contributed by atoms with van der Waals surface area (Å²) in [6.07, 6.45) is 0.923. The number of para-hydroxylation sites is 1. The predicted octanol–water partition coefficient (Wildman–Crippen LogP) is 3.30. The first-order chi connectivity index (χ1) is 9.36. The van der Waals surface area contributed by atoms with Gasteiger partial charge in [-0.3, -0.25) is 0 Å². The van der Waals surface area contributed by atoms with E-state index in [2.05, 4.69) is 17.5 Å². The minimum absolute atomic E-state index is 0.340. The van der Waals surface area contributed by atoms with E-state index in [-0.39, 0.29) is 6.04 Å². The van der Waals surface area contributed by atoms with Crippen molar-refractivity contribution in [1.29, 1.82) is 5.26 Å². The standard InChI is InChI=1S/C16H14N2O/c17-11-15(18-14-4-2-1-3-5-14)12-6-7-16-13(10-12)8-9-19-16/h1-7,10,15,18H,8-9H2. The summed E-state index contributed by atoms with van der Waals surface area (Å²) in [5, 5.41) is 12.6. The molecule has 1 unspecified atom stereocenters. The number of rotatable bonds is 3. The second-order valence-corrected chi connectivity index (χ2v) is 4.54. The maximum Gasteiger partial charge on any atom is 0.140 e. The van der Waals surface area contributed by atoms with Crippen LogP contribution < -0.4 is 10.1 Å². The van der Waals surface area contributed by atoms with Crippen molar-refractivity contribution in [2.75, 3.05) is 11.9 Å². The monoisotopic (exact) mass is 250 g/mol. The molecule has 2 aromatic rings. The van der Waals surface area contributed by atoms with Gasteiger partial charge in [0.05, 0.1) is 12.7 Å². The third-order valence-corrected chi connectivity index (χ3v) is 3.26. The lowest BCUT2D eigenvalue weighted by molar-refractivity contribution is 0.357. The van der Waals surface area contributed by atoms with Crippen molar-refractivity contribution in [2.24, 2.45) is 0 Å². The molecule has 0 radical (unpaired) electrons. The van der Waals surface area contributed by atoms with Crippen LogP contribution in [0.25, 0.3) is 0 Å². The Hall–Kier alpha value is -2.47. The van der Waals surface area contributed by atoms with Crippen LogP contribution in [0.3, 0.4) is 0 Å². The lowest BCUT2D eigenvalue weighted by Crippen LogP contribution is -2.08. The maximum absolute atomic E-state index is 9.35. The number of fused-ring (bicyclic) bond motifs is 1. The van der Waals surface area contributed by atoms with Gasteiger partial charge in [0.2, 0.25) is 0 Å². The minimum atomic E-state index is -0.340. The number of nitrogens with one attached hydrogen (secondary N) is 1. The molecular weight excluding hydrogens is 236 g/mol. The molecule has 1 aliphatic heterocycles. The zero-order chi connectivity index (χ0) is 13.1. The maximum atomic E-state index is 9.35. The molecule has 0 saturated heterocycles. The Morgan fingerprint density at radius 3 is 2.79 bits per heavy atom. The number of hydrogen-bond acceptors (Lipinski definition) is 3. The smallest absolute Gasteiger partial charge is 0.140 e. The number of hydrogen-bond donors (Lipinski definition) is 1. The highest BCUT2D eigenvalue weighted by Crippen LogP contribution is 2.29. The van der Waals surface area contributed by atoms with Crippen molar-refractivity contribution in [3.8, 4) is 11.8 Å². The topological polar surface area (TPSA) is 45.0 Å². The van der Waals surface area contributed by atoms with Gasteiger partial charge >= 0.3 is 0 Å². The molecule has 2 aromatic carbocycles. The number of ether oxygens (including phenoxy) is 1. The third-order valence-electron chi connectivity index (χ3n) is 3.26. The van der Waals surface area contributed by atoms with Crippen molar-refractivity contribution >= 4 is 5.69 Å². The zero-order valence-corrected chi connectivity index (χ0v) is 10.5. The van der Waals surface area contributed by atoms with E-state index in [1.807, 2.05) is 42.5 Å². The van der Waals surface area contributed by atoms with Crippen LogP contribution in [0.2, 0.25) is 0 Å². The summed E-state index contributed by atoms with van der Waals surface area (Å²) in [4.78, 5) is 0. The van der Waals surface area contributed by atoms with Gasteiger partial charge in [0.25, 0.3) is 0 Å². The minimum Gasteiger partial charge on any atom is -0.493 e. The summed E-state index contributed by atoms with van der Waals surface area (Å²) in [6.45, 7) is 0.738. The fraction of sp³-hybridized carbons (Fsp3) is 0.188. The van der Waals surface area contributed by atoms with E-state index in [0.717, 1.165) is 30.0 Å². The van der Waals surface area contributed by atoms with E-state index in [9.17, 15) is 5.26 Å². The van der Waals surface area contributed by atoms with Gasteiger partial charge in [0.15, 0.2) is 0 Å². The molecule has 0 bridgehead atoms. The Morgan fingerprint density at radius 2 is 2.00 bits per heavy atom. The molecule has 19 heavy (non-hydrogen) atoms. The van der Waals surface area contributed by atoms with Crippen LogP contribution in [-0.4, -0.2) is 6.61 Å². The number of nitriles is 1. The van der Waals surface area contributed by atoms with Crippen molar-refractivity contribution in [3.05, 3.63) is 59.7 Å². The van der Waals surface area contributed by atoms with Crippen LogP contribution in [0.5, 0.6) is 5.75 Å². The summed E-state index contributed by atoms with van der Waals surface area (Å²) >= 11 is 0. The molecule has 94 valence electrons. The quantitative estimate of drug-likeness (QED) is 0.909. The van der Waals surface area contributed by atoms with Gasteiger partial charge in [0, 0.05) is 12.1 Å². The van der Waals surface area contributed by atoms with Crippen LogP contribution in [0.1, 0.15) is 17.2 Å². The Bertz CT molecular complexity index is 616. The molecule has 0 amide bonds. The van der Waals surface area contributed by atoms with E-state index in [4.69, 9.17) is 4.74 Å². The first-order valence-corrected chi connectivity index (χ1v) is 6.33. The average Bonchev–Trinajstić information content (AvgIpc) is 2.93. The average molecular weight is 250 g/mol. The molecule has 1 heterocycles. The molecule has 0 aromatic heterocycles. The van der Waals surface area contributed by atoms with E-state index < -0.39 is 0 Å². The normalized spacial score (nSPS) is 14.1. The van der Waals surface area contributed by atoms with Crippen LogP contribution in [-0.2, 0) is 6.42 Å². The van der Waals surface area contributed by atoms with Crippen LogP contribution in [0.4, 0.5) is 5.69 Å². The van der Waals surface area contributed by atoms with E-state index >= 15 is 0 Å². The summed E-state index contributed by atoms with van der Waals surface area (Å²) in [7, 11) is 0. The van der Waals surface area contributed by atoms with Crippen molar-refractivity contribution < 1.29 is 4.74 Å². The molecule has 0 aliphatic carbocycles. The first kappa shape index (κ1) is 11.6. The van der Waals surface area contributed by atoms with Gasteiger partial charge < -0.3 is 10.1 Å². The highest BCUT2D eigenvalue weighted by Gasteiger charge is 2.16. The number of nitrogens with zero attached hydrogens (tertiary/aromatic N) is 1.